The fraction of sp³-hybridized carbons (Fsp3) is 0.833. The summed E-state index contributed by atoms with van der Waals surface area (Å²) in [5, 5.41) is 5.34. The molecule has 8 nitrogen and oxygen atoms in total. The minimum Gasteiger partial charge on any atom is -0.357 e. The minimum absolute atomic E-state index is 0.0217. The molecule has 1 aliphatic rings. The predicted octanol–water partition coefficient (Wildman–Crippen LogP) is 0.771. The highest BCUT2D eigenvalue weighted by molar-refractivity contribution is 5.67. The number of rotatable bonds is 3. The van der Waals surface area contributed by atoms with Crippen LogP contribution >= 0.6 is 0 Å². The Balaban J connectivity index is 2.70. The summed E-state index contributed by atoms with van der Waals surface area (Å²) in [7, 11) is 0. The number of carbonyl (C=O) groups excluding carboxylic acids is 2. The van der Waals surface area contributed by atoms with Gasteiger partial charge in [-0.1, -0.05) is 20.8 Å². The maximum Gasteiger partial charge on any atom is 0.426 e. The Hall–Kier alpha value is -1.54. The quantitative estimate of drug-likeness (QED) is 0.568. The largest absolute Gasteiger partial charge is 0.426 e. The van der Waals surface area contributed by atoms with E-state index in [4.69, 9.17) is 11.8 Å². The molecule has 8 heteroatoms. The van der Waals surface area contributed by atoms with Crippen LogP contribution in [-0.2, 0) is 9.68 Å². The Kier molecular flexibility index (Phi) is 5.18. The first-order chi connectivity index (χ1) is 9.19. The van der Waals surface area contributed by atoms with Gasteiger partial charge in [-0.25, -0.2) is 9.59 Å². The number of hydrogen-bond donors (Lipinski definition) is 4. The molecule has 20 heavy (non-hydrogen) atoms. The first-order valence-electron chi connectivity index (χ1n) is 6.51. The molecule has 1 aliphatic carbocycles. The van der Waals surface area contributed by atoms with Gasteiger partial charge in [-0.15, -0.1) is 0 Å². The summed E-state index contributed by atoms with van der Waals surface area (Å²) >= 11 is 0. The molecule has 2 atom stereocenters. The molecule has 0 spiro atoms. The van der Waals surface area contributed by atoms with E-state index in [1.54, 1.807) is 0 Å². The van der Waals surface area contributed by atoms with Crippen molar-refractivity contribution in [2.24, 2.45) is 22.6 Å². The van der Waals surface area contributed by atoms with Crippen molar-refractivity contribution < 1.29 is 19.3 Å². The Bertz CT molecular complexity index is 374. The average molecular weight is 288 g/mol. The van der Waals surface area contributed by atoms with Crippen LogP contribution in [-0.4, -0.2) is 24.8 Å². The highest BCUT2D eigenvalue weighted by Crippen LogP contribution is 2.45. The van der Waals surface area contributed by atoms with Crippen molar-refractivity contribution in [1.82, 2.24) is 10.6 Å². The van der Waals surface area contributed by atoms with Gasteiger partial charge >= 0.3 is 12.2 Å². The topological polar surface area (TPSA) is 129 Å². The van der Waals surface area contributed by atoms with E-state index in [9.17, 15) is 9.59 Å². The van der Waals surface area contributed by atoms with E-state index in [1.165, 1.54) is 0 Å². The molecule has 0 radical (unpaired) electrons. The van der Waals surface area contributed by atoms with E-state index >= 15 is 0 Å². The van der Waals surface area contributed by atoms with Gasteiger partial charge in [0.25, 0.3) is 0 Å². The van der Waals surface area contributed by atoms with E-state index in [2.05, 4.69) is 34.2 Å². The predicted molar refractivity (Wildman–Crippen MR) is 72.0 cm³/mol. The normalized spacial score (nSPS) is 28.4. The summed E-state index contributed by atoms with van der Waals surface area (Å²) in [5.41, 5.74) is -0.156. The molecular weight excluding hydrogens is 264 g/mol. The summed E-state index contributed by atoms with van der Waals surface area (Å²) in [4.78, 5) is 30.6. The smallest absolute Gasteiger partial charge is 0.357 e. The molecule has 0 aromatic carbocycles. The van der Waals surface area contributed by atoms with Crippen LogP contribution in [0.4, 0.5) is 9.59 Å². The van der Waals surface area contributed by atoms with Gasteiger partial charge in [-0.3, -0.25) is 0 Å². The highest BCUT2D eigenvalue weighted by Gasteiger charge is 2.42. The van der Waals surface area contributed by atoms with Gasteiger partial charge in [0.1, 0.15) is 0 Å². The molecule has 1 saturated carbocycles. The second kappa shape index (κ2) is 6.27. The van der Waals surface area contributed by atoms with Gasteiger partial charge in [0.05, 0.1) is 0 Å². The maximum atomic E-state index is 11.2. The molecule has 6 N–H and O–H groups in total. The van der Waals surface area contributed by atoms with Gasteiger partial charge in [0.15, 0.2) is 0 Å². The Morgan fingerprint density at radius 2 is 1.75 bits per heavy atom. The van der Waals surface area contributed by atoms with Crippen molar-refractivity contribution in [3.05, 3.63) is 0 Å². The van der Waals surface area contributed by atoms with Crippen molar-refractivity contribution in [2.45, 2.75) is 46.1 Å². The Morgan fingerprint density at radius 1 is 1.15 bits per heavy atom. The van der Waals surface area contributed by atoms with Crippen LogP contribution in [0.25, 0.3) is 0 Å². The number of amides is 2. The molecule has 1 rings (SSSR count). The number of carbonyl (C=O) groups is 2. The fourth-order valence-corrected chi connectivity index (χ4v) is 3.40. The molecule has 1 fully saturated rings. The Morgan fingerprint density at radius 3 is 2.30 bits per heavy atom. The molecule has 0 aliphatic heterocycles. The number of nitrogens with two attached hydrogens (primary N) is 2. The monoisotopic (exact) mass is 288 g/mol. The third-order valence-corrected chi connectivity index (χ3v) is 3.64. The zero-order valence-electron chi connectivity index (χ0n) is 12.2. The SMILES string of the molecule is CC1(C)CC(NC(=O)ON)CC(C)(CNC(=O)ON)C1. The van der Waals surface area contributed by atoms with Gasteiger partial charge in [-0.2, -0.15) is 11.8 Å². The lowest BCUT2D eigenvalue weighted by molar-refractivity contribution is 0.0624. The van der Waals surface area contributed by atoms with Crippen molar-refractivity contribution >= 4 is 12.2 Å². The molecule has 0 bridgehead atoms. The van der Waals surface area contributed by atoms with Gasteiger partial charge < -0.3 is 20.3 Å². The molecule has 0 saturated heterocycles. The maximum absolute atomic E-state index is 11.2. The van der Waals surface area contributed by atoms with Gasteiger partial charge in [0.2, 0.25) is 0 Å². The lowest BCUT2D eigenvalue weighted by atomic mass is 9.62. The van der Waals surface area contributed by atoms with E-state index in [-0.39, 0.29) is 16.9 Å². The third kappa shape index (κ3) is 4.86. The van der Waals surface area contributed by atoms with E-state index < -0.39 is 12.2 Å². The van der Waals surface area contributed by atoms with Crippen LogP contribution in [0.3, 0.4) is 0 Å². The second-order valence-corrected chi connectivity index (χ2v) is 6.57. The van der Waals surface area contributed by atoms with Crippen LogP contribution in [0.15, 0.2) is 0 Å². The van der Waals surface area contributed by atoms with Crippen LogP contribution in [0.1, 0.15) is 40.0 Å². The van der Waals surface area contributed by atoms with Crippen LogP contribution < -0.4 is 22.4 Å². The first kappa shape index (κ1) is 16.5. The summed E-state index contributed by atoms with van der Waals surface area (Å²) in [5.74, 6) is 9.64. The zero-order chi connectivity index (χ0) is 15.4. The fourth-order valence-electron chi connectivity index (χ4n) is 3.40. The lowest BCUT2D eigenvalue weighted by Gasteiger charge is -2.46. The standard InChI is InChI=1S/C12H24N4O4/c1-11(2)4-8(16-10(18)20-14)5-12(3,6-11)7-15-9(17)19-13/h8H,4-7,13-14H2,1-3H3,(H,15,17)(H,16,18). The molecule has 2 amide bonds. The summed E-state index contributed by atoms with van der Waals surface area (Å²) in [6.07, 6.45) is 1.11. The minimum atomic E-state index is -0.666. The third-order valence-electron chi connectivity index (χ3n) is 3.64. The van der Waals surface area contributed by atoms with Crippen LogP contribution in [0, 0.1) is 10.8 Å². The summed E-state index contributed by atoms with van der Waals surface area (Å²) in [6.45, 7) is 6.71. The van der Waals surface area contributed by atoms with Crippen molar-refractivity contribution in [1.29, 1.82) is 0 Å². The first-order valence-corrected chi connectivity index (χ1v) is 6.51. The number of nitrogens with one attached hydrogen (secondary N) is 2. The molecule has 0 heterocycles. The van der Waals surface area contributed by atoms with Gasteiger partial charge in [-0.05, 0) is 30.1 Å². The van der Waals surface area contributed by atoms with Crippen molar-refractivity contribution in [2.75, 3.05) is 6.54 Å². The highest BCUT2D eigenvalue weighted by atomic mass is 16.7. The number of hydrogen-bond acceptors (Lipinski definition) is 6. The van der Waals surface area contributed by atoms with E-state index in [0.717, 1.165) is 12.8 Å². The van der Waals surface area contributed by atoms with Gasteiger partial charge in [0, 0.05) is 12.6 Å². The van der Waals surface area contributed by atoms with Crippen LogP contribution in [0.2, 0.25) is 0 Å². The molecule has 0 aromatic heterocycles. The van der Waals surface area contributed by atoms with E-state index in [0.29, 0.717) is 13.0 Å². The summed E-state index contributed by atoms with van der Waals surface area (Å²) < 4.78 is 0. The average Bonchev–Trinajstić information content (AvgIpc) is 2.33. The Labute approximate surface area is 118 Å². The summed E-state index contributed by atoms with van der Waals surface area (Å²) in [6, 6.07) is -0.0597. The molecule has 2 unspecified atom stereocenters. The second-order valence-electron chi connectivity index (χ2n) is 6.57. The molecule has 116 valence electrons. The molecular formula is C12H24N4O4. The zero-order valence-corrected chi connectivity index (χ0v) is 12.2. The van der Waals surface area contributed by atoms with E-state index in [1.807, 2.05) is 6.92 Å². The van der Waals surface area contributed by atoms with Crippen molar-refractivity contribution in [3.63, 3.8) is 0 Å². The van der Waals surface area contributed by atoms with Crippen molar-refractivity contribution in [3.8, 4) is 0 Å². The molecule has 0 aromatic rings. The van der Waals surface area contributed by atoms with Crippen LogP contribution in [0.5, 0.6) is 0 Å². The lowest BCUT2D eigenvalue weighted by Crippen LogP contribution is -2.50.